The number of fused-ring (bicyclic) bond motifs is 1. The first kappa shape index (κ1) is 19.6. The maximum Gasteiger partial charge on any atom is 0.340 e. The molecule has 1 heterocycles. The predicted octanol–water partition coefficient (Wildman–Crippen LogP) is 2.90. The van der Waals surface area contributed by atoms with Crippen molar-refractivity contribution in [3.05, 3.63) is 65.9 Å². The molecule has 0 atom stereocenters. The fourth-order valence-electron chi connectivity index (χ4n) is 3.14. The molecule has 0 bridgehead atoms. The number of rotatable bonds is 5. The van der Waals surface area contributed by atoms with Gasteiger partial charge in [0.15, 0.2) is 0 Å². The van der Waals surface area contributed by atoms with E-state index >= 15 is 0 Å². The van der Waals surface area contributed by atoms with Crippen LogP contribution in [0.25, 0.3) is 10.9 Å². The Bertz CT molecular complexity index is 1150. The highest BCUT2D eigenvalue weighted by Gasteiger charge is 2.20. The Labute approximate surface area is 163 Å². The van der Waals surface area contributed by atoms with E-state index in [2.05, 4.69) is 0 Å². The first-order chi connectivity index (χ1) is 13.3. The molecule has 0 saturated heterocycles. The molecule has 2 aromatic carbocycles. The molecule has 0 saturated carbocycles. The van der Waals surface area contributed by atoms with Gasteiger partial charge in [0.05, 0.1) is 30.1 Å². The molecule has 28 heavy (non-hydrogen) atoms. The molecular formula is C20H20N2O5S. The van der Waals surface area contributed by atoms with E-state index in [1.165, 1.54) is 22.2 Å². The molecule has 146 valence electrons. The maximum atomic E-state index is 13.0. The van der Waals surface area contributed by atoms with Crippen LogP contribution in [0.2, 0.25) is 0 Å². The fraction of sp³-hybridized carbons (Fsp3) is 0.200. The van der Waals surface area contributed by atoms with Gasteiger partial charge < -0.3 is 4.74 Å². The number of aromatic nitrogens is 1. The van der Waals surface area contributed by atoms with Gasteiger partial charge >= 0.3 is 5.97 Å². The highest BCUT2D eigenvalue weighted by molar-refractivity contribution is 7.92. The Morgan fingerprint density at radius 3 is 2.29 bits per heavy atom. The minimum atomic E-state index is -3.40. The average Bonchev–Trinajstić information content (AvgIpc) is 3.06. The minimum absolute atomic E-state index is 0.289. The van der Waals surface area contributed by atoms with Gasteiger partial charge in [0.2, 0.25) is 10.0 Å². The lowest BCUT2D eigenvalue weighted by Crippen LogP contribution is -2.29. The number of hydrogen-bond acceptors (Lipinski definition) is 5. The summed E-state index contributed by atoms with van der Waals surface area (Å²) in [7, 11) is -2.11. The van der Waals surface area contributed by atoms with Crippen LogP contribution in [-0.4, -0.2) is 44.8 Å². The summed E-state index contributed by atoms with van der Waals surface area (Å²) in [6.07, 6.45) is 2.59. The second kappa shape index (κ2) is 7.47. The first-order valence-electron chi connectivity index (χ1n) is 8.58. The molecular weight excluding hydrogens is 380 g/mol. The zero-order valence-electron chi connectivity index (χ0n) is 15.7. The molecule has 0 radical (unpaired) electrons. The number of benzene rings is 2. The number of anilines is 1. The quantitative estimate of drug-likeness (QED) is 0.615. The van der Waals surface area contributed by atoms with Gasteiger partial charge in [0.25, 0.3) is 5.91 Å². The van der Waals surface area contributed by atoms with Crippen LogP contribution in [-0.2, 0) is 14.8 Å². The molecule has 0 fully saturated rings. The lowest BCUT2D eigenvalue weighted by molar-refractivity contribution is 0.0603. The lowest BCUT2D eigenvalue weighted by atomic mass is 10.1. The Balaban J connectivity index is 2.02. The van der Waals surface area contributed by atoms with Crippen LogP contribution in [0.15, 0.2) is 54.7 Å². The molecule has 3 aromatic rings. The lowest BCUT2D eigenvalue weighted by Gasteiger charge is -2.20. The van der Waals surface area contributed by atoms with Gasteiger partial charge in [-0.3, -0.25) is 13.7 Å². The topological polar surface area (TPSA) is 85.7 Å². The summed E-state index contributed by atoms with van der Waals surface area (Å²) < 4.78 is 31.2. The van der Waals surface area contributed by atoms with Gasteiger partial charge in [-0.2, -0.15) is 0 Å². The van der Waals surface area contributed by atoms with Crippen molar-refractivity contribution in [1.82, 2.24) is 4.57 Å². The highest BCUT2D eigenvalue weighted by Crippen LogP contribution is 2.24. The van der Waals surface area contributed by atoms with Crippen LogP contribution in [0.4, 0.5) is 5.69 Å². The van der Waals surface area contributed by atoms with Crippen LogP contribution in [0.5, 0.6) is 0 Å². The summed E-state index contributed by atoms with van der Waals surface area (Å²) in [4.78, 5) is 25.0. The van der Waals surface area contributed by atoms with E-state index in [4.69, 9.17) is 4.74 Å². The third-order valence-electron chi connectivity index (χ3n) is 4.43. The second-order valence-corrected chi connectivity index (χ2v) is 8.11. The van der Waals surface area contributed by atoms with Crippen LogP contribution >= 0.6 is 0 Å². The molecule has 7 nitrogen and oxygen atoms in total. The summed E-state index contributed by atoms with van der Waals surface area (Å²) >= 11 is 0. The number of para-hydroxylation sites is 1. The van der Waals surface area contributed by atoms with E-state index in [9.17, 15) is 18.0 Å². The smallest absolute Gasteiger partial charge is 0.340 e. The SMILES string of the molecule is CCN(c1ccc(C(=O)n2cc(C(=O)OC)c3ccccc32)cc1)S(C)(=O)=O. The molecule has 0 amide bonds. The number of esters is 1. The van der Waals surface area contributed by atoms with Crippen molar-refractivity contribution < 1.29 is 22.7 Å². The Morgan fingerprint density at radius 2 is 1.71 bits per heavy atom. The predicted molar refractivity (Wildman–Crippen MR) is 107 cm³/mol. The monoisotopic (exact) mass is 400 g/mol. The van der Waals surface area contributed by atoms with Crippen molar-refractivity contribution in [1.29, 1.82) is 0 Å². The number of methoxy groups -OCH3 is 1. The van der Waals surface area contributed by atoms with Gasteiger partial charge in [0, 0.05) is 23.7 Å². The summed E-state index contributed by atoms with van der Waals surface area (Å²) in [5.41, 5.74) is 1.74. The summed E-state index contributed by atoms with van der Waals surface area (Å²) in [5, 5.41) is 0.619. The van der Waals surface area contributed by atoms with Crippen molar-refractivity contribution in [3.8, 4) is 0 Å². The zero-order chi connectivity index (χ0) is 20.5. The average molecular weight is 400 g/mol. The Kier molecular flexibility index (Phi) is 5.24. The number of sulfonamides is 1. The number of carbonyl (C=O) groups is 2. The first-order valence-corrected chi connectivity index (χ1v) is 10.4. The van der Waals surface area contributed by atoms with Gasteiger partial charge in [0.1, 0.15) is 0 Å². The maximum absolute atomic E-state index is 13.0. The van der Waals surface area contributed by atoms with Gasteiger partial charge in [-0.25, -0.2) is 13.2 Å². The van der Waals surface area contributed by atoms with E-state index in [1.54, 1.807) is 55.5 Å². The van der Waals surface area contributed by atoms with E-state index in [0.29, 0.717) is 27.7 Å². The molecule has 0 spiro atoms. The molecule has 0 aliphatic rings. The van der Waals surface area contributed by atoms with Gasteiger partial charge in [-0.1, -0.05) is 18.2 Å². The number of ether oxygens (including phenoxy) is 1. The second-order valence-electron chi connectivity index (χ2n) is 6.20. The zero-order valence-corrected chi connectivity index (χ0v) is 16.6. The van der Waals surface area contributed by atoms with Crippen LogP contribution in [0.1, 0.15) is 27.6 Å². The molecule has 0 N–H and O–H groups in total. The molecule has 0 unspecified atom stereocenters. The fourth-order valence-corrected chi connectivity index (χ4v) is 4.11. The van der Waals surface area contributed by atoms with Crippen molar-refractivity contribution in [2.24, 2.45) is 0 Å². The minimum Gasteiger partial charge on any atom is -0.465 e. The van der Waals surface area contributed by atoms with Crippen molar-refractivity contribution in [2.45, 2.75) is 6.92 Å². The van der Waals surface area contributed by atoms with Crippen LogP contribution in [0, 0.1) is 0 Å². The summed E-state index contributed by atoms with van der Waals surface area (Å²) in [6, 6.07) is 13.4. The van der Waals surface area contributed by atoms with Crippen LogP contribution < -0.4 is 4.31 Å². The normalized spacial score (nSPS) is 11.4. The standard InChI is InChI=1S/C20H20N2O5S/c1-4-22(28(3,25)26)15-11-9-14(10-12-15)19(23)21-13-17(20(24)27-2)16-7-5-6-8-18(16)21/h5-13H,4H2,1-3H3. The van der Waals surface area contributed by atoms with E-state index in [1.807, 2.05) is 0 Å². The van der Waals surface area contributed by atoms with Crippen molar-refractivity contribution in [2.75, 3.05) is 24.2 Å². The molecule has 3 rings (SSSR count). The molecule has 0 aliphatic carbocycles. The Morgan fingerprint density at radius 1 is 1.07 bits per heavy atom. The number of carbonyl (C=O) groups excluding carboxylic acids is 2. The molecule has 0 aliphatic heterocycles. The Hall–Kier alpha value is -3.13. The third kappa shape index (κ3) is 3.50. The van der Waals surface area contributed by atoms with E-state index in [-0.39, 0.29) is 12.5 Å². The molecule has 8 heteroatoms. The largest absolute Gasteiger partial charge is 0.465 e. The van der Waals surface area contributed by atoms with Gasteiger partial charge in [-0.05, 0) is 37.3 Å². The summed E-state index contributed by atoms with van der Waals surface area (Å²) in [5.74, 6) is -0.856. The van der Waals surface area contributed by atoms with Crippen molar-refractivity contribution >= 4 is 38.5 Å². The highest BCUT2D eigenvalue weighted by atomic mass is 32.2. The van der Waals surface area contributed by atoms with E-state index < -0.39 is 16.0 Å². The van der Waals surface area contributed by atoms with E-state index in [0.717, 1.165) is 6.26 Å². The number of hydrogen-bond donors (Lipinski definition) is 0. The van der Waals surface area contributed by atoms with Crippen molar-refractivity contribution in [3.63, 3.8) is 0 Å². The third-order valence-corrected chi connectivity index (χ3v) is 5.70. The molecule has 1 aromatic heterocycles. The number of nitrogens with zero attached hydrogens (tertiary/aromatic N) is 2. The van der Waals surface area contributed by atoms with Gasteiger partial charge in [-0.15, -0.1) is 0 Å². The van der Waals surface area contributed by atoms with Crippen LogP contribution in [0.3, 0.4) is 0 Å². The summed E-state index contributed by atoms with van der Waals surface area (Å²) in [6.45, 7) is 2.03.